The van der Waals surface area contributed by atoms with Crippen molar-refractivity contribution in [3.05, 3.63) is 0 Å². The molecule has 0 amide bonds. The van der Waals surface area contributed by atoms with Gasteiger partial charge in [0.05, 0.1) is 5.60 Å². The SMILES string of the molecule is CNC(CC1CC1)C1CCOC2(CCCCC2)C1. The van der Waals surface area contributed by atoms with Gasteiger partial charge in [-0.2, -0.15) is 0 Å². The topological polar surface area (TPSA) is 21.3 Å². The summed E-state index contributed by atoms with van der Waals surface area (Å²) in [5.74, 6) is 1.90. The zero-order valence-electron chi connectivity index (χ0n) is 11.9. The molecule has 3 fully saturated rings. The second-order valence-corrected chi connectivity index (χ2v) is 6.92. The Hall–Kier alpha value is -0.0800. The number of hydrogen-bond donors (Lipinski definition) is 1. The van der Waals surface area contributed by atoms with Gasteiger partial charge in [-0.1, -0.05) is 32.1 Å². The maximum absolute atomic E-state index is 6.22. The van der Waals surface area contributed by atoms with Crippen molar-refractivity contribution in [2.45, 2.75) is 75.9 Å². The Morgan fingerprint density at radius 1 is 1.17 bits per heavy atom. The van der Waals surface area contributed by atoms with Gasteiger partial charge in [0.1, 0.15) is 0 Å². The van der Waals surface area contributed by atoms with Crippen molar-refractivity contribution in [1.82, 2.24) is 5.32 Å². The van der Waals surface area contributed by atoms with E-state index in [1.807, 2.05) is 0 Å². The molecule has 2 nitrogen and oxygen atoms in total. The molecule has 18 heavy (non-hydrogen) atoms. The molecule has 3 rings (SSSR count). The van der Waals surface area contributed by atoms with E-state index in [0.717, 1.165) is 24.5 Å². The summed E-state index contributed by atoms with van der Waals surface area (Å²) in [5, 5.41) is 3.61. The first kappa shape index (κ1) is 12.9. The first-order valence-electron chi connectivity index (χ1n) is 8.12. The molecule has 1 saturated heterocycles. The summed E-state index contributed by atoms with van der Waals surface area (Å²) in [6, 6.07) is 0.750. The minimum absolute atomic E-state index is 0.278. The van der Waals surface area contributed by atoms with Crippen LogP contribution in [0.2, 0.25) is 0 Å². The van der Waals surface area contributed by atoms with Crippen LogP contribution in [0.15, 0.2) is 0 Å². The van der Waals surface area contributed by atoms with Crippen LogP contribution in [0, 0.1) is 11.8 Å². The van der Waals surface area contributed by atoms with E-state index in [2.05, 4.69) is 12.4 Å². The van der Waals surface area contributed by atoms with E-state index >= 15 is 0 Å². The third-order valence-electron chi connectivity index (χ3n) is 5.52. The smallest absolute Gasteiger partial charge is 0.0685 e. The maximum Gasteiger partial charge on any atom is 0.0685 e. The molecule has 2 heteroatoms. The Morgan fingerprint density at radius 3 is 2.61 bits per heavy atom. The predicted molar refractivity (Wildman–Crippen MR) is 74.7 cm³/mol. The van der Waals surface area contributed by atoms with Crippen LogP contribution in [0.1, 0.15) is 64.2 Å². The van der Waals surface area contributed by atoms with Crippen molar-refractivity contribution in [3.8, 4) is 0 Å². The Labute approximate surface area is 112 Å². The summed E-state index contributed by atoms with van der Waals surface area (Å²) in [4.78, 5) is 0. The fourth-order valence-corrected chi connectivity index (χ4v) is 4.21. The molecule has 0 aromatic carbocycles. The summed E-state index contributed by atoms with van der Waals surface area (Å²) in [5.41, 5.74) is 0.278. The van der Waals surface area contributed by atoms with Crippen LogP contribution in [0.5, 0.6) is 0 Å². The van der Waals surface area contributed by atoms with E-state index < -0.39 is 0 Å². The van der Waals surface area contributed by atoms with E-state index in [0.29, 0.717) is 0 Å². The van der Waals surface area contributed by atoms with Crippen molar-refractivity contribution in [2.75, 3.05) is 13.7 Å². The lowest BCUT2D eigenvalue weighted by molar-refractivity contribution is -0.122. The van der Waals surface area contributed by atoms with Crippen molar-refractivity contribution in [1.29, 1.82) is 0 Å². The highest BCUT2D eigenvalue weighted by Gasteiger charge is 2.41. The minimum Gasteiger partial charge on any atom is -0.375 e. The van der Waals surface area contributed by atoms with Gasteiger partial charge in [-0.3, -0.25) is 0 Å². The van der Waals surface area contributed by atoms with E-state index in [1.165, 1.54) is 64.2 Å². The largest absolute Gasteiger partial charge is 0.375 e. The summed E-state index contributed by atoms with van der Waals surface area (Å²) in [7, 11) is 2.16. The average molecular weight is 251 g/mol. The van der Waals surface area contributed by atoms with Gasteiger partial charge in [0, 0.05) is 12.6 Å². The average Bonchev–Trinajstić information content (AvgIpc) is 3.21. The number of ether oxygens (including phenoxy) is 1. The first-order valence-corrected chi connectivity index (χ1v) is 8.12. The van der Waals surface area contributed by atoms with Crippen LogP contribution >= 0.6 is 0 Å². The highest BCUT2D eigenvalue weighted by molar-refractivity contribution is 4.94. The van der Waals surface area contributed by atoms with Crippen LogP contribution in [-0.4, -0.2) is 25.3 Å². The van der Waals surface area contributed by atoms with Gasteiger partial charge in [0.15, 0.2) is 0 Å². The van der Waals surface area contributed by atoms with Gasteiger partial charge < -0.3 is 10.1 Å². The molecule has 1 N–H and O–H groups in total. The lowest BCUT2D eigenvalue weighted by Gasteiger charge is -2.45. The fourth-order valence-electron chi connectivity index (χ4n) is 4.21. The zero-order chi connectivity index (χ0) is 12.4. The molecule has 0 aromatic rings. The van der Waals surface area contributed by atoms with Crippen LogP contribution < -0.4 is 5.32 Å². The molecule has 1 heterocycles. The normalized spacial score (nSPS) is 33.5. The van der Waals surface area contributed by atoms with E-state index in [4.69, 9.17) is 4.74 Å². The Morgan fingerprint density at radius 2 is 1.94 bits per heavy atom. The standard InChI is InChI=1S/C16H29NO/c1-17-15(11-13-5-6-13)14-7-10-18-16(12-14)8-3-2-4-9-16/h13-15,17H,2-12H2,1H3. The van der Waals surface area contributed by atoms with Crippen molar-refractivity contribution >= 4 is 0 Å². The Kier molecular flexibility index (Phi) is 3.95. The van der Waals surface area contributed by atoms with Gasteiger partial charge in [-0.15, -0.1) is 0 Å². The zero-order valence-corrected chi connectivity index (χ0v) is 11.9. The molecule has 104 valence electrons. The predicted octanol–water partition coefficient (Wildman–Crippen LogP) is 3.50. The molecular weight excluding hydrogens is 222 g/mol. The van der Waals surface area contributed by atoms with Gasteiger partial charge in [0.2, 0.25) is 0 Å². The molecule has 2 aliphatic carbocycles. The molecule has 2 atom stereocenters. The highest BCUT2D eigenvalue weighted by atomic mass is 16.5. The molecule has 3 aliphatic rings. The van der Waals surface area contributed by atoms with Gasteiger partial charge >= 0.3 is 0 Å². The monoisotopic (exact) mass is 251 g/mol. The second-order valence-electron chi connectivity index (χ2n) is 6.92. The molecular formula is C16H29NO. The molecule has 2 saturated carbocycles. The molecule has 0 radical (unpaired) electrons. The lowest BCUT2D eigenvalue weighted by Crippen LogP contribution is -2.47. The highest BCUT2D eigenvalue weighted by Crippen LogP contribution is 2.43. The lowest BCUT2D eigenvalue weighted by atomic mass is 9.73. The second kappa shape index (κ2) is 5.50. The van der Waals surface area contributed by atoms with Crippen molar-refractivity contribution in [3.63, 3.8) is 0 Å². The van der Waals surface area contributed by atoms with E-state index in [1.54, 1.807) is 0 Å². The molecule has 2 unspecified atom stereocenters. The van der Waals surface area contributed by atoms with Crippen LogP contribution in [-0.2, 0) is 4.74 Å². The fraction of sp³-hybridized carbons (Fsp3) is 1.00. The number of rotatable bonds is 4. The number of hydrogen-bond acceptors (Lipinski definition) is 2. The first-order chi connectivity index (χ1) is 8.81. The van der Waals surface area contributed by atoms with Crippen LogP contribution in [0.3, 0.4) is 0 Å². The van der Waals surface area contributed by atoms with Gasteiger partial charge in [-0.05, 0) is 51.0 Å². The van der Waals surface area contributed by atoms with Gasteiger partial charge in [-0.25, -0.2) is 0 Å². The Balaban J connectivity index is 1.60. The number of nitrogens with one attached hydrogen (secondary N) is 1. The summed E-state index contributed by atoms with van der Waals surface area (Å²) >= 11 is 0. The molecule has 0 bridgehead atoms. The Bertz CT molecular complexity index is 263. The van der Waals surface area contributed by atoms with Crippen LogP contribution in [0.25, 0.3) is 0 Å². The van der Waals surface area contributed by atoms with Gasteiger partial charge in [0.25, 0.3) is 0 Å². The third kappa shape index (κ3) is 2.91. The van der Waals surface area contributed by atoms with E-state index in [9.17, 15) is 0 Å². The molecule has 1 aliphatic heterocycles. The van der Waals surface area contributed by atoms with Crippen LogP contribution in [0.4, 0.5) is 0 Å². The molecule has 0 aromatic heterocycles. The third-order valence-corrected chi connectivity index (χ3v) is 5.52. The quantitative estimate of drug-likeness (QED) is 0.825. The minimum atomic E-state index is 0.278. The van der Waals surface area contributed by atoms with Crippen molar-refractivity contribution in [2.24, 2.45) is 11.8 Å². The van der Waals surface area contributed by atoms with Crippen molar-refractivity contribution < 1.29 is 4.74 Å². The van der Waals surface area contributed by atoms with E-state index in [-0.39, 0.29) is 5.60 Å². The summed E-state index contributed by atoms with van der Waals surface area (Å²) < 4.78 is 6.22. The summed E-state index contributed by atoms with van der Waals surface area (Å²) in [6.45, 7) is 1.01. The molecule has 1 spiro atoms. The maximum atomic E-state index is 6.22. The summed E-state index contributed by atoms with van der Waals surface area (Å²) in [6.07, 6.45) is 13.8.